The molecule has 11 heteroatoms. The van der Waals surface area contributed by atoms with E-state index in [9.17, 15) is 24.0 Å². The Labute approximate surface area is 363 Å². The molecule has 2 heterocycles. The zero-order valence-electron chi connectivity index (χ0n) is 36.6. The first-order chi connectivity index (χ1) is 29.4. The summed E-state index contributed by atoms with van der Waals surface area (Å²) in [5.41, 5.74) is 0.896. The van der Waals surface area contributed by atoms with Crippen LogP contribution in [0.2, 0.25) is 5.04 Å². The molecule has 3 fully saturated rings. The number of benzene rings is 3. The van der Waals surface area contributed by atoms with E-state index in [2.05, 4.69) is 61.0 Å². The summed E-state index contributed by atoms with van der Waals surface area (Å²) in [5, 5.41) is 11.0. The maximum absolute atomic E-state index is 14.2. The number of allylic oxidation sites excluding steroid dienone is 2. The summed E-state index contributed by atoms with van der Waals surface area (Å²) in [5.74, 6) is -1.20. The molecule has 3 aromatic rings. The van der Waals surface area contributed by atoms with Gasteiger partial charge in [-0.15, -0.1) is 0 Å². The van der Waals surface area contributed by atoms with Gasteiger partial charge in [-0.25, -0.2) is 0 Å². The van der Waals surface area contributed by atoms with E-state index in [0.717, 1.165) is 48.0 Å². The third-order valence-electron chi connectivity index (χ3n) is 12.9. The van der Waals surface area contributed by atoms with E-state index in [1.54, 1.807) is 4.90 Å². The summed E-state index contributed by atoms with van der Waals surface area (Å²) >= 11 is 0. The SMILES string of the molecule is CC[C@@H](O[Si](c1ccccc1)(c1ccccc1)C(C)(C)C)C(=O)CC=CCC[C@@H]1NC(=O)[C@H]2CCCN2C(=O)[C@H](Cc2ccccc2)NC(=O)[C@@H](CC2CCCCC2)NC1=O. The van der Waals surface area contributed by atoms with Gasteiger partial charge in [0.2, 0.25) is 23.6 Å². The molecule has 0 aromatic heterocycles. The molecule has 61 heavy (non-hydrogen) atoms. The highest BCUT2D eigenvalue weighted by Crippen LogP contribution is 2.38. The minimum atomic E-state index is -2.95. The fourth-order valence-corrected chi connectivity index (χ4v) is 14.4. The highest BCUT2D eigenvalue weighted by Gasteiger charge is 2.52. The van der Waals surface area contributed by atoms with E-state index >= 15 is 0 Å². The quantitative estimate of drug-likeness (QED) is 0.121. The van der Waals surface area contributed by atoms with Crippen LogP contribution in [0.1, 0.15) is 110 Å². The molecule has 6 rings (SSSR count). The van der Waals surface area contributed by atoms with Gasteiger partial charge in [0.05, 0.1) is 0 Å². The van der Waals surface area contributed by atoms with Crippen LogP contribution in [0, 0.1) is 5.92 Å². The first-order valence-electron chi connectivity index (χ1n) is 22.6. The second kappa shape index (κ2) is 21.3. The number of nitrogens with zero attached hydrogens (tertiary/aromatic N) is 1. The number of nitrogens with one attached hydrogen (secondary N) is 3. The second-order valence-electron chi connectivity index (χ2n) is 18.2. The smallest absolute Gasteiger partial charge is 0.262 e. The summed E-state index contributed by atoms with van der Waals surface area (Å²) in [7, 11) is -2.95. The summed E-state index contributed by atoms with van der Waals surface area (Å²) in [6.45, 7) is 8.98. The predicted molar refractivity (Wildman–Crippen MR) is 243 cm³/mol. The van der Waals surface area contributed by atoms with Crippen molar-refractivity contribution in [1.29, 1.82) is 0 Å². The van der Waals surface area contributed by atoms with Crippen LogP contribution in [0.15, 0.2) is 103 Å². The lowest BCUT2D eigenvalue weighted by Crippen LogP contribution is -2.68. The Hall–Kier alpha value is -4.87. The zero-order valence-corrected chi connectivity index (χ0v) is 37.6. The fraction of sp³-hybridized carbons (Fsp3) is 0.500. The van der Waals surface area contributed by atoms with Gasteiger partial charge in [-0.05, 0) is 65.4 Å². The van der Waals surface area contributed by atoms with Crippen molar-refractivity contribution >= 4 is 48.1 Å². The van der Waals surface area contributed by atoms with Crippen LogP contribution >= 0.6 is 0 Å². The number of fused-ring (bicyclic) bond motifs is 1. The number of hydrogen-bond donors (Lipinski definition) is 3. The van der Waals surface area contributed by atoms with Gasteiger partial charge in [0.15, 0.2) is 5.78 Å². The van der Waals surface area contributed by atoms with Crippen molar-refractivity contribution in [2.45, 2.75) is 146 Å². The Balaban J connectivity index is 1.17. The van der Waals surface area contributed by atoms with Crippen molar-refractivity contribution in [3.8, 4) is 0 Å². The molecule has 3 aromatic carbocycles. The average Bonchev–Trinajstić information content (AvgIpc) is 3.76. The van der Waals surface area contributed by atoms with Gasteiger partial charge >= 0.3 is 0 Å². The molecular formula is C50H66N4O6Si. The molecule has 0 unspecified atom stereocenters. The summed E-state index contributed by atoms with van der Waals surface area (Å²) in [4.78, 5) is 72.1. The largest absolute Gasteiger partial charge is 0.397 e. The fourth-order valence-electron chi connectivity index (χ4n) is 9.62. The maximum Gasteiger partial charge on any atom is 0.262 e. The lowest BCUT2D eigenvalue weighted by atomic mass is 9.84. The Morgan fingerprint density at radius 1 is 0.738 bits per heavy atom. The molecule has 0 spiro atoms. The van der Waals surface area contributed by atoms with Crippen LogP contribution in [0.4, 0.5) is 0 Å². The van der Waals surface area contributed by atoms with Gasteiger partial charge in [0.1, 0.15) is 30.3 Å². The number of rotatable bonds is 15. The molecule has 10 nitrogen and oxygen atoms in total. The standard InChI is InChI=1S/C50H66N4O6Si/c1-5-45(60-61(50(2,3)4,38-26-15-8-16-27-38)39-28-17-9-18-29-39)44(55)32-20-10-19-30-40-46(56)52-41(34-36-22-11-6-12-23-36)47(57)53-42(35-37-24-13-7-14-25-37)49(59)54-33-21-31-43(54)48(58)51-40/h7-10,13-18,20,24-29,36,40-43,45H,5-6,11-12,19,21-23,30-35H2,1-4H3,(H,51,58)(H,52,56)(H,53,57)/t40-,41+,42-,43+,45+/m0/s1. The van der Waals surface area contributed by atoms with Crippen molar-refractivity contribution in [3.05, 3.63) is 109 Å². The number of ketones is 1. The van der Waals surface area contributed by atoms with E-state index in [0.29, 0.717) is 38.6 Å². The number of carbonyl (C=O) groups is 5. The lowest BCUT2D eigenvalue weighted by Gasteiger charge is -2.44. The maximum atomic E-state index is 14.2. The summed E-state index contributed by atoms with van der Waals surface area (Å²) in [6, 6.07) is 26.7. The molecule has 1 saturated carbocycles. The number of hydrogen-bond acceptors (Lipinski definition) is 6. The van der Waals surface area contributed by atoms with Crippen molar-refractivity contribution in [2.75, 3.05) is 6.54 Å². The van der Waals surface area contributed by atoms with Gasteiger partial charge < -0.3 is 25.3 Å². The topological polar surface area (TPSA) is 134 Å². The average molecular weight is 847 g/mol. The van der Waals surface area contributed by atoms with Crippen LogP contribution in [-0.2, 0) is 34.8 Å². The van der Waals surface area contributed by atoms with E-state index in [-0.39, 0.29) is 53.7 Å². The van der Waals surface area contributed by atoms with E-state index in [1.807, 2.05) is 85.8 Å². The van der Waals surface area contributed by atoms with Crippen LogP contribution < -0.4 is 26.3 Å². The van der Waals surface area contributed by atoms with Crippen molar-refractivity contribution in [3.63, 3.8) is 0 Å². The first kappa shape index (κ1) is 45.6. The molecule has 326 valence electrons. The number of Topliss-reactive ketones (excluding diaryl/α,β-unsaturated/α-hetero) is 1. The third kappa shape index (κ3) is 11.3. The van der Waals surface area contributed by atoms with Crippen LogP contribution in [-0.4, -0.2) is 79.4 Å². The monoisotopic (exact) mass is 846 g/mol. The Bertz CT molecular complexity index is 1920. The molecule has 0 radical (unpaired) electrons. The van der Waals surface area contributed by atoms with Gasteiger partial charge in [0.25, 0.3) is 8.32 Å². The molecule has 2 saturated heterocycles. The van der Waals surface area contributed by atoms with Crippen molar-refractivity contribution in [1.82, 2.24) is 20.9 Å². The molecule has 1 aliphatic carbocycles. The molecular weight excluding hydrogens is 781 g/mol. The minimum Gasteiger partial charge on any atom is -0.397 e. The Morgan fingerprint density at radius 2 is 1.31 bits per heavy atom. The van der Waals surface area contributed by atoms with Crippen molar-refractivity contribution < 1.29 is 28.4 Å². The predicted octanol–water partition coefficient (Wildman–Crippen LogP) is 6.31. The van der Waals surface area contributed by atoms with Crippen LogP contribution in [0.25, 0.3) is 0 Å². The second-order valence-corrected chi connectivity index (χ2v) is 22.5. The lowest BCUT2D eigenvalue weighted by molar-refractivity contribution is -0.143. The third-order valence-corrected chi connectivity index (χ3v) is 17.9. The van der Waals surface area contributed by atoms with Gasteiger partial charge in [-0.2, -0.15) is 0 Å². The van der Waals surface area contributed by atoms with E-state index in [4.69, 9.17) is 4.43 Å². The minimum absolute atomic E-state index is 0.0167. The molecule has 3 N–H and O–H groups in total. The molecule has 4 amide bonds. The summed E-state index contributed by atoms with van der Waals surface area (Å²) in [6.07, 6.45) is 11.6. The highest BCUT2D eigenvalue weighted by atomic mass is 28.4. The number of carbonyl (C=O) groups excluding carboxylic acids is 5. The number of amides is 4. The Kier molecular flexibility index (Phi) is 15.9. The zero-order chi connectivity index (χ0) is 43.4. The molecule has 0 bridgehead atoms. The van der Waals surface area contributed by atoms with Crippen molar-refractivity contribution in [2.24, 2.45) is 5.92 Å². The van der Waals surface area contributed by atoms with E-state index in [1.165, 1.54) is 0 Å². The first-order valence-corrected chi connectivity index (χ1v) is 24.5. The highest BCUT2D eigenvalue weighted by molar-refractivity contribution is 6.99. The summed E-state index contributed by atoms with van der Waals surface area (Å²) < 4.78 is 7.18. The molecule has 5 atom stereocenters. The van der Waals surface area contributed by atoms with Crippen LogP contribution in [0.3, 0.4) is 0 Å². The normalized spacial score (nSPS) is 22.7. The van der Waals surface area contributed by atoms with Gasteiger partial charge in [-0.3, -0.25) is 24.0 Å². The molecule has 2 aliphatic heterocycles. The van der Waals surface area contributed by atoms with Gasteiger partial charge in [-0.1, -0.05) is 163 Å². The van der Waals surface area contributed by atoms with Gasteiger partial charge in [0, 0.05) is 19.4 Å². The van der Waals surface area contributed by atoms with E-state index < -0.39 is 44.5 Å². The van der Waals surface area contributed by atoms with Crippen LogP contribution in [0.5, 0.6) is 0 Å². The molecule has 3 aliphatic rings. The Morgan fingerprint density at radius 3 is 1.92 bits per heavy atom.